The van der Waals surface area contributed by atoms with Crippen LogP contribution in [0, 0.1) is 0 Å². The van der Waals surface area contributed by atoms with E-state index in [1.54, 1.807) is 24.3 Å². The van der Waals surface area contributed by atoms with Crippen molar-refractivity contribution in [2.75, 3.05) is 0 Å². The second kappa shape index (κ2) is 6.60. The highest BCUT2D eigenvalue weighted by molar-refractivity contribution is 6.30. The lowest BCUT2D eigenvalue weighted by molar-refractivity contribution is 0.0951. The highest BCUT2D eigenvalue weighted by Crippen LogP contribution is 2.10. The maximum Gasteiger partial charge on any atom is 0.251 e. The molecule has 0 spiro atoms. The van der Waals surface area contributed by atoms with Crippen molar-refractivity contribution in [1.82, 2.24) is 5.32 Å². The van der Waals surface area contributed by atoms with Gasteiger partial charge >= 0.3 is 0 Å². The van der Waals surface area contributed by atoms with E-state index < -0.39 is 0 Å². The van der Waals surface area contributed by atoms with Crippen molar-refractivity contribution in [1.29, 1.82) is 0 Å². The van der Waals surface area contributed by atoms with Gasteiger partial charge in [-0.25, -0.2) is 0 Å². The van der Waals surface area contributed by atoms with Gasteiger partial charge in [0.15, 0.2) is 0 Å². The molecule has 0 radical (unpaired) electrons. The molecule has 19 heavy (non-hydrogen) atoms. The van der Waals surface area contributed by atoms with E-state index in [9.17, 15) is 4.79 Å². The second-order valence-electron chi connectivity index (χ2n) is 4.14. The second-order valence-corrected chi connectivity index (χ2v) is 4.85. The largest absolute Gasteiger partial charge is 0.348 e. The summed E-state index contributed by atoms with van der Waals surface area (Å²) in [5.41, 5.74) is 2.67. The van der Waals surface area contributed by atoms with Crippen LogP contribution in [0.25, 0.3) is 0 Å². The maximum absolute atomic E-state index is 11.9. The summed E-state index contributed by atoms with van der Waals surface area (Å²) in [7, 11) is 0. The number of hydrogen-bond acceptors (Lipinski definition) is 1. The molecule has 0 aliphatic carbocycles. The Balaban J connectivity index is 1.98. The maximum atomic E-state index is 11.9. The minimum absolute atomic E-state index is 0.118. The van der Waals surface area contributed by atoms with E-state index in [0.717, 1.165) is 11.1 Å². The number of alkyl halides is 1. The first-order valence-corrected chi connectivity index (χ1v) is 6.78. The Morgan fingerprint density at radius 1 is 1.05 bits per heavy atom. The molecule has 0 unspecified atom stereocenters. The Morgan fingerprint density at radius 2 is 1.74 bits per heavy atom. The summed E-state index contributed by atoms with van der Waals surface area (Å²) in [6.45, 7) is 0.478. The Morgan fingerprint density at radius 3 is 2.42 bits per heavy atom. The van der Waals surface area contributed by atoms with E-state index in [1.165, 1.54) is 0 Å². The fourth-order valence-electron chi connectivity index (χ4n) is 1.71. The molecule has 0 heterocycles. The van der Waals surface area contributed by atoms with Crippen LogP contribution in [0.3, 0.4) is 0 Å². The Kier molecular flexibility index (Phi) is 4.83. The van der Waals surface area contributed by atoms with E-state index in [-0.39, 0.29) is 5.91 Å². The molecule has 0 bridgehead atoms. The third-order valence-electron chi connectivity index (χ3n) is 2.71. The van der Waals surface area contributed by atoms with Crippen molar-refractivity contribution in [2.45, 2.75) is 12.4 Å². The molecule has 0 aliphatic rings. The highest BCUT2D eigenvalue weighted by atomic mass is 35.5. The summed E-state index contributed by atoms with van der Waals surface area (Å²) < 4.78 is 0. The van der Waals surface area contributed by atoms with Crippen molar-refractivity contribution in [2.24, 2.45) is 0 Å². The summed E-state index contributed by atoms with van der Waals surface area (Å²) in [6, 6.07) is 14.6. The fraction of sp³-hybridized carbons (Fsp3) is 0.133. The summed E-state index contributed by atoms with van der Waals surface area (Å²) in [6.07, 6.45) is 0. The lowest BCUT2D eigenvalue weighted by Crippen LogP contribution is -2.22. The molecule has 0 fully saturated rings. The third kappa shape index (κ3) is 3.98. The van der Waals surface area contributed by atoms with Gasteiger partial charge in [-0.05, 0) is 35.4 Å². The van der Waals surface area contributed by atoms with E-state index in [4.69, 9.17) is 23.2 Å². The summed E-state index contributed by atoms with van der Waals surface area (Å²) in [4.78, 5) is 11.9. The van der Waals surface area contributed by atoms with Gasteiger partial charge in [0.1, 0.15) is 0 Å². The molecule has 2 aromatic rings. The van der Waals surface area contributed by atoms with Gasteiger partial charge in [0.05, 0.1) is 0 Å². The van der Waals surface area contributed by atoms with Crippen LogP contribution >= 0.6 is 23.2 Å². The van der Waals surface area contributed by atoms with Gasteiger partial charge in [0, 0.05) is 23.0 Å². The van der Waals surface area contributed by atoms with Crippen molar-refractivity contribution < 1.29 is 4.79 Å². The first-order chi connectivity index (χ1) is 9.19. The van der Waals surface area contributed by atoms with Gasteiger partial charge in [-0.2, -0.15) is 0 Å². The third-order valence-corrected chi connectivity index (χ3v) is 3.27. The van der Waals surface area contributed by atoms with Gasteiger partial charge in [0.2, 0.25) is 0 Å². The Labute approximate surface area is 122 Å². The van der Waals surface area contributed by atoms with Crippen LogP contribution in [0.1, 0.15) is 21.5 Å². The van der Waals surface area contributed by atoms with E-state index in [0.29, 0.717) is 23.0 Å². The summed E-state index contributed by atoms with van der Waals surface area (Å²) >= 11 is 11.6. The number of carbonyl (C=O) groups excluding carboxylic acids is 1. The van der Waals surface area contributed by atoms with Gasteiger partial charge < -0.3 is 5.32 Å². The molecule has 0 atom stereocenters. The number of carbonyl (C=O) groups is 1. The molecule has 2 aromatic carbocycles. The van der Waals surface area contributed by atoms with Gasteiger partial charge in [-0.15, -0.1) is 11.6 Å². The average molecular weight is 294 g/mol. The number of nitrogens with one attached hydrogen (secondary N) is 1. The molecule has 0 aromatic heterocycles. The first kappa shape index (κ1) is 13.9. The zero-order valence-corrected chi connectivity index (χ0v) is 11.7. The minimum Gasteiger partial charge on any atom is -0.348 e. The molecule has 0 saturated carbocycles. The number of amides is 1. The molecule has 0 aliphatic heterocycles. The average Bonchev–Trinajstić information content (AvgIpc) is 2.46. The topological polar surface area (TPSA) is 29.1 Å². The molecule has 98 valence electrons. The van der Waals surface area contributed by atoms with Crippen molar-refractivity contribution in [3.05, 3.63) is 70.2 Å². The van der Waals surface area contributed by atoms with Crippen LogP contribution in [0.2, 0.25) is 5.02 Å². The zero-order chi connectivity index (χ0) is 13.7. The van der Waals surface area contributed by atoms with E-state index in [1.807, 2.05) is 24.3 Å². The zero-order valence-electron chi connectivity index (χ0n) is 10.2. The smallest absolute Gasteiger partial charge is 0.251 e. The standard InChI is InChI=1S/C15H13Cl2NO/c16-9-11-2-1-3-12(8-11)10-18-15(19)13-4-6-14(17)7-5-13/h1-8H,9-10H2,(H,18,19). The molecule has 2 nitrogen and oxygen atoms in total. The van der Waals surface area contributed by atoms with Crippen molar-refractivity contribution in [3.8, 4) is 0 Å². The first-order valence-electron chi connectivity index (χ1n) is 5.86. The van der Waals surface area contributed by atoms with Crippen LogP contribution in [-0.2, 0) is 12.4 Å². The van der Waals surface area contributed by atoms with Crippen molar-refractivity contribution >= 4 is 29.1 Å². The van der Waals surface area contributed by atoms with E-state index in [2.05, 4.69) is 5.32 Å². The number of hydrogen-bond donors (Lipinski definition) is 1. The molecule has 1 N–H and O–H groups in total. The van der Waals surface area contributed by atoms with Crippen LogP contribution in [0.5, 0.6) is 0 Å². The lowest BCUT2D eigenvalue weighted by Gasteiger charge is -2.06. The number of rotatable bonds is 4. The molecular formula is C15H13Cl2NO. The monoisotopic (exact) mass is 293 g/mol. The van der Waals surface area contributed by atoms with Gasteiger partial charge in [0.25, 0.3) is 5.91 Å². The SMILES string of the molecule is O=C(NCc1cccc(CCl)c1)c1ccc(Cl)cc1. The van der Waals surface area contributed by atoms with Gasteiger partial charge in [-0.3, -0.25) is 4.79 Å². The molecular weight excluding hydrogens is 281 g/mol. The summed E-state index contributed by atoms with van der Waals surface area (Å²) in [5, 5.41) is 3.48. The lowest BCUT2D eigenvalue weighted by atomic mass is 10.1. The molecule has 4 heteroatoms. The quantitative estimate of drug-likeness (QED) is 0.848. The van der Waals surface area contributed by atoms with E-state index >= 15 is 0 Å². The minimum atomic E-state index is -0.118. The fourth-order valence-corrected chi connectivity index (χ4v) is 2.00. The van der Waals surface area contributed by atoms with Crippen LogP contribution in [0.4, 0.5) is 0 Å². The summed E-state index contributed by atoms with van der Waals surface area (Å²) in [5.74, 6) is 0.354. The molecule has 1 amide bonds. The van der Waals surface area contributed by atoms with Crippen molar-refractivity contribution in [3.63, 3.8) is 0 Å². The predicted octanol–water partition coefficient (Wildman–Crippen LogP) is 4.01. The Bertz CT molecular complexity index is 567. The van der Waals surface area contributed by atoms with Gasteiger partial charge in [-0.1, -0.05) is 35.9 Å². The molecule has 2 rings (SSSR count). The van der Waals surface area contributed by atoms with Crippen LogP contribution in [-0.4, -0.2) is 5.91 Å². The van der Waals surface area contributed by atoms with Crippen LogP contribution in [0.15, 0.2) is 48.5 Å². The highest BCUT2D eigenvalue weighted by Gasteiger charge is 2.05. The van der Waals surface area contributed by atoms with Crippen LogP contribution < -0.4 is 5.32 Å². The Hall–Kier alpha value is -1.51. The number of halogens is 2. The number of benzene rings is 2. The predicted molar refractivity (Wildman–Crippen MR) is 78.6 cm³/mol. The molecule has 0 saturated heterocycles. The normalized spacial score (nSPS) is 10.2.